The number of rotatable bonds is 7. The van der Waals surface area contributed by atoms with E-state index in [2.05, 4.69) is 55.7 Å². The first-order chi connectivity index (χ1) is 16.3. The molecule has 0 bridgehead atoms. The van der Waals surface area contributed by atoms with Crippen LogP contribution in [0.5, 0.6) is 0 Å². The zero-order valence-electron chi connectivity index (χ0n) is 18.4. The van der Waals surface area contributed by atoms with E-state index in [1.54, 1.807) is 24.2 Å². The third kappa shape index (κ3) is 5.26. The second-order valence-corrected chi connectivity index (χ2v) is 9.62. The van der Waals surface area contributed by atoms with Crippen LogP contribution in [0.25, 0.3) is 22.2 Å². The van der Waals surface area contributed by atoms with Gasteiger partial charge in [0.25, 0.3) is 0 Å². The van der Waals surface area contributed by atoms with Gasteiger partial charge in [-0.15, -0.1) is 11.8 Å². The van der Waals surface area contributed by atoms with Crippen LogP contribution in [-0.2, 0) is 11.2 Å². The number of carbonyl (C=O) groups is 1. The molecule has 7 heteroatoms. The summed E-state index contributed by atoms with van der Waals surface area (Å²) in [7, 11) is 0. The molecule has 1 aliphatic heterocycles. The Morgan fingerprint density at radius 3 is 2.82 bits per heavy atom. The van der Waals surface area contributed by atoms with Crippen molar-refractivity contribution in [3.8, 4) is 11.3 Å². The Morgan fingerprint density at radius 2 is 1.97 bits per heavy atom. The van der Waals surface area contributed by atoms with Gasteiger partial charge in [-0.3, -0.25) is 14.9 Å². The standard InChI is InChI=1S/C26H27N5OS/c32-26(24-18-31(15-16-33-24)14-4-7-19-5-2-1-3-6-19)28-21-8-9-23-22(17-21)25(30-29-23)20-10-12-27-13-11-20/h1-3,5-6,8-13,17,24H,4,7,14-16,18H2,(H,28,32)(H,29,30)/t24-/m0/s1. The molecule has 0 saturated carbocycles. The van der Waals surface area contributed by atoms with Crippen LogP contribution >= 0.6 is 11.8 Å². The lowest BCUT2D eigenvalue weighted by atomic mass is 10.1. The molecule has 1 aliphatic rings. The van der Waals surface area contributed by atoms with E-state index in [9.17, 15) is 4.79 Å². The normalized spacial score (nSPS) is 16.7. The third-order valence-corrected chi connectivity index (χ3v) is 7.19. The van der Waals surface area contributed by atoms with Gasteiger partial charge in [0.15, 0.2) is 0 Å². The van der Waals surface area contributed by atoms with E-state index in [4.69, 9.17) is 0 Å². The van der Waals surface area contributed by atoms with Crippen molar-refractivity contribution >= 4 is 34.3 Å². The Labute approximate surface area is 197 Å². The second kappa shape index (κ2) is 10.2. The number of hydrogen-bond donors (Lipinski definition) is 2. The van der Waals surface area contributed by atoms with Gasteiger partial charge in [-0.1, -0.05) is 30.3 Å². The predicted octanol–water partition coefficient (Wildman–Crippen LogP) is 4.61. The van der Waals surface area contributed by atoms with Crippen LogP contribution in [0.15, 0.2) is 73.1 Å². The molecule has 1 atom stereocenters. The number of anilines is 1. The molecule has 4 aromatic rings. The molecule has 6 nitrogen and oxygen atoms in total. The van der Waals surface area contributed by atoms with E-state index >= 15 is 0 Å². The number of aryl methyl sites for hydroxylation is 1. The van der Waals surface area contributed by atoms with Gasteiger partial charge >= 0.3 is 0 Å². The van der Waals surface area contributed by atoms with Crippen LogP contribution in [0, 0.1) is 0 Å². The number of thioether (sulfide) groups is 1. The first-order valence-electron chi connectivity index (χ1n) is 11.3. The highest BCUT2D eigenvalue weighted by atomic mass is 32.2. The van der Waals surface area contributed by atoms with Crippen LogP contribution in [0.3, 0.4) is 0 Å². The van der Waals surface area contributed by atoms with Gasteiger partial charge in [0.2, 0.25) is 5.91 Å². The Morgan fingerprint density at radius 1 is 1.12 bits per heavy atom. The summed E-state index contributed by atoms with van der Waals surface area (Å²) in [6, 6.07) is 20.4. The molecule has 0 aliphatic carbocycles. The minimum Gasteiger partial charge on any atom is -0.325 e. The molecule has 168 valence electrons. The molecule has 1 fully saturated rings. The molecule has 3 heterocycles. The molecule has 33 heavy (non-hydrogen) atoms. The summed E-state index contributed by atoms with van der Waals surface area (Å²) in [6.45, 7) is 2.86. The van der Waals surface area contributed by atoms with Crippen molar-refractivity contribution < 1.29 is 4.79 Å². The van der Waals surface area contributed by atoms with Gasteiger partial charge in [0.1, 0.15) is 5.69 Å². The van der Waals surface area contributed by atoms with Crippen LogP contribution in [0.2, 0.25) is 0 Å². The monoisotopic (exact) mass is 457 g/mol. The fourth-order valence-corrected chi connectivity index (χ4v) is 5.43. The summed E-state index contributed by atoms with van der Waals surface area (Å²) in [4.78, 5) is 19.6. The molecular formula is C26H27N5OS. The minimum atomic E-state index is -0.0600. The zero-order chi connectivity index (χ0) is 22.5. The molecule has 0 spiro atoms. The van der Waals surface area contributed by atoms with Gasteiger partial charge in [-0.05, 0) is 55.3 Å². The maximum absolute atomic E-state index is 13.0. The van der Waals surface area contributed by atoms with Crippen molar-refractivity contribution in [1.82, 2.24) is 20.1 Å². The molecule has 5 rings (SSSR count). The van der Waals surface area contributed by atoms with Crippen molar-refractivity contribution in [2.45, 2.75) is 18.1 Å². The molecule has 2 aromatic carbocycles. The maximum Gasteiger partial charge on any atom is 0.238 e. The summed E-state index contributed by atoms with van der Waals surface area (Å²) in [5.74, 6) is 1.05. The van der Waals surface area contributed by atoms with E-state index in [0.29, 0.717) is 0 Å². The quantitative estimate of drug-likeness (QED) is 0.424. The summed E-state index contributed by atoms with van der Waals surface area (Å²) in [5.41, 5.74) is 4.97. The number of nitrogens with one attached hydrogen (secondary N) is 2. The molecule has 0 radical (unpaired) electrons. The van der Waals surface area contributed by atoms with Crippen molar-refractivity contribution in [3.05, 3.63) is 78.6 Å². The number of hydrogen-bond acceptors (Lipinski definition) is 5. The largest absolute Gasteiger partial charge is 0.325 e. The minimum absolute atomic E-state index is 0.0600. The smallest absolute Gasteiger partial charge is 0.238 e. The summed E-state index contributed by atoms with van der Waals surface area (Å²) < 4.78 is 0. The highest BCUT2D eigenvalue weighted by molar-refractivity contribution is 8.00. The van der Waals surface area contributed by atoms with Crippen LogP contribution in [0.1, 0.15) is 12.0 Å². The van der Waals surface area contributed by atoms with Crippen molar-refractivity contribution in [1.29, 1.82) is 0 Å². The number of fused-ring (bicyclic) bond motifs is 1. The average molecular weight is 458 g/mol. The average Bonchev–Trinajstić information content (AvgIpc) is 3.29. The van der Waals surface area contributed by atoms with Crippen molar-refractivity contribution in [2.75, 3.05) is 30.7 Å². The van der Waals surface area contributed by atoms with Gasteiger partial charge in [-0.2, -0.15) is 5.10 Å². The summed E-state index contributed by atoms with van der Waals surface area (Å²) in [5, 5.41) is 11.6. The van der Waals surface area contributed by atoms with Crippen molar-refractivity contribution in [3.63, 3.8) is 0 Å². The van der Waals surface area contributed by atoms with Gasteiger partial charge < -0.3 is 10.2 Å². The van der Waals surface area contributed by atoms with E-state index < -0.39 is 0 Å². The molecular weight excluding hydrogens is 430 g/mol. The van der Waals surface area contributed by atoms with E-state index in [1.807, 2.05) is 30.3 Å². The first kappa shape index (κ1) is 21.7. The Balaban J connectivity index is 1.21. The topological polar surface area (TPSA) is 73.9 Å². The summed E-state index contributed by atoms with van der Waals surface area (Å²) in [6.07, 6.45) is 5.70. The number of aromatic amines is 1. The lowest BCUT2D eigenvalue weighted by molar-refractivity contribution is -0.116. The molecule has 1 amide bonds. The highest BCUT2D eigenvalue weighted by Gasteiger charge is 2.26. The van der Waals surface area contributed by atoms with Crippen LogP contribution < -0.4 is 5.32 Å². The zero-order valence-corrected chi connectivity index (χ0v) is 19.2. The summed E-state index contributed by atoms with van der Waals surface area (Å²) >= 11 is 1.75. The SMILES string of the molecule is O=C(Nc1ccc2[nH]nc(-c3ccncc3)c2c1)[C@@H]1CN(CCCc2ccccc2)CCS1. The maximum atomic E-state index is 13.0. The number of pyridine rings is 1. The lowest BCUT2D eigenvalue weighted by Crippen LogP contribution is -2.43. The van der Waals surface area contributed by atoms with Gasteiger partial charge in [0.05, 0.1) is 10.8 Å². The number of nitrogens with zero attached hydrogens (tertiary/aromatic N) is 3. The molecule has 0 unspecified atom stereocenters. The van der Waals surface area contributed by atoms with E-state index in [0.717, 1.165) is 66.1 Å². The number of benzene rings is 2. The van der Waals surface area contributed by atoms with Crippen molar-refractivity contribution in [2.24, 2.45) is 0 Å². The Kier molecular flexibility index (Phi) is 6.69. The number of carbonyl (C=O) groups excluding carboxylic acids is 1. The fraction of sp³-hybridized carbons (Fsp3) is 0.269. The van der Waals surface area contributed by atoms with Crippen LogP contribution in [0.4, 0.5) is 5.69 Å². The van der Waals surface area contributed by atoms with Gasteiger partial charge in [0, 0.05) is 47.9 Å². The first-order valence-corrected chi connectivity index (χ1v) is 12.4. The molecule has 2 N–H and O–H groups in total. The third-order valence-electron chi connectivity index (χ3n) is 6.01. The second-order valence-electron chi connectivity index (χ2n) is 8.31. The predicted molar refractivity (Wildman–Crippen MR) is 135 cm³/mol. The molecule has 2 aromatic heterocycles. The van der Waals surface area contributed by atoms with Gasteiger partial charge in [-0.25, -0.2) is 0 Å². The molecule has 1 saturated heterocycles. The lowest BCUT2D eigenvalue weighted by Gasteiger charge is -2.31. The number of H-pyrrole nitrogens is 1. The van der Waals surface area contributed by atoms with Crippen LogP contribution in [-0.4, -0.2) is 56.6 Å². The number of amides is 1. The fourth-order valence-electron chi connectivity index (χ4n) is 4.26. The Bertz CT molecular complexity index is 1210. The number of aromatic nitrogens is 3. The van der Waals surface area contributed by atoms with E-state index in [1.165, 1.54) is 5.56 Å². The highest BCUT2D eigenvalue weighted by Crippen LogP contribution is 2.29. The van der Waals surface area contributed by atoms with E-state index in [-0.39, 0.29) is 11.2 Å². The Hall–Kier alpha value is -3.16.